The maximum atomic E-state index is 12.4. The summed E-state index contributed by atoms with van der Waals surface area (Å²) in [6, 6.07) is 14.1. The lowest BCUT2D eigenvalue weighted by molar-refractivity contribution is -0.120. The van der Waals surface area contributed by atoms with Crippen LogP contribution in [0.2, 0.25) is 0 Å². The van der Waals surface area contributed by atoms with Crippen LogP contribution in [0.15, 0.2) is 53.1 Å². The molecule has 1 aliphatic carbocycles. The van der Waals surface area contributed by atoms with E-state index in [1.807, 2.05) is 42.5 Å². The number of thioether (sulfide) groups is 1. The Hall–Kier alpha value is -1.68. The first-order chi connectivity index (χ1) is 9.83. The van der Waals surface area contributed by atoms with Gasteiger partial charge in [-0.3, -0.25) is 4.79 Å². The lowest BCUT2D eigenvalue weighted by Gasteiger charge is -2.16. The highest BCUT2D eigenvalue weighted by atomic mass is 32.2. The zero-order valence-corrected chi connectivity index (χ0v) is 11.9. The quantitative estimate of drug-likeness (QED) is 0.883. The van der Waals surface area contributed by atoms with Gasteiger partial charge in [-0.2, -0.15) is 0 Å². The van der Waals surface area contributed by atoms with Gasteiger partial charge >= 0.3 is 0 Å². The van der Waals surface area contributed by atoms with Crippen LogP contribution in [0.3, 0.4) is 0 Å². The molecule has 1 amide bonds. The third kappa shape index (κ3) is 3.45. The van der Waals surface area contributed by atoms with Crippen LogP contribution in [0.25, 0.3) is 0 Å². The average Bonchev–Trinajstić information content (AvgIpc) is 3.13. The van der Waals surface area contributed by atoms with Gasteiger partial charge in [-0.25, -0.2) is 0 Å². The van der Waals surface area contributed by atoms with E-state index in [0.29, 0.717) is 11.8 Å². The van der Waals surface area contributed by atoms with Crippen LogP contribution in [0, 0.1) is 0 Å². The normalized spacial score (nSPS) is 15.8. The van der Waals surface area contributed by atoms with Gasteiger partial charge in [0.15, 0.2) is 0 Å². The monoisotopic (exact) mass is 287 g/mol. The third-order valence-corrected chi connectivity index (χ3v) is 4.51. The molecule has 1 aromatic carbocycles. The number of furan rings is 1. The van der Waals surface area contributed by atoms with Crippen molar-refractivity contribution in [2.24, 2.45) is 0 Å². The molecule has 0 unspecified atom stereocenters. The molecule has 0 aliphatic heterocycles. The third-order valence-electron chi connectivity index (χ3n) is 3.24. The number of rotatable bonds is 6. The van der Waals surface area contributed by atoms with Gasteiger partial charge in [0.2, 0.25) is 5.91 Å². The molecule has 0 bridgehead atoms. The van der Waals surface area contributed by atoms with Gasteiger partial charge in [-0.05, 0) is 30.5 Å². The first kappa shape index (κ1) is 13.3. The van der Waals surface area contributed by atoms with Gasteiger partial charge in [0, 0.05) is 6.04 Å². The van der Waals surface area contributed by atoms with Crippen molar-refractivity contribution in [1.29, 1.82) is 0 Å². The van der Waals surface area contributed by atoms with Crippen molar-refractivity contribution in [2.45, 2.75) is 29.9 Å². The van der Waals surface area contributed by atoms with Crippen LogP contribution in [0.1, 0.15) is 29.4 Å². The molecule has 104 valence electrons. The fraction of sp³-hybridized carbons (Fsp3) is 0.312. The molecular weight excluding hydrogens is 270 g/mol. The van der Waals surface area contributed by atoms with E-state index >= 15 is 0 Å². The second-order valence-electron chi connectivity index (χ2n) is 4.96. The highest BCUT2D eigenvalue weighted by Gasteiger charge is 2.28. The molecule has 0 spiro atoms. The Morgan fingerprint density at radius 2 is 2.05 bits per heavy atom. The summed E-state index contributed by atoms with van der Waals surface area (Å²) in [6.45, 7) is 0. The number of carbonyl (C=O) groups excluding carboxylic acids is 1. The molecule has 1 N–H and O–H groups in total. The molecule has 2 aromatic rings. The fourth-order valence-corrected chi connectivity index (χ4v) is 3.08. The van der Waals surface area contributed by atoms with Gasteiger partial charge in [-0.1, -0.05) is 30.3 Å². The van der Waals surface area contributed by atoms with Gasteiger partial charge < -0.3 is 9.73 Å². The van der Waals surface area contributed by atoms with E-state index in [-0.39, 0.29) is 11.2 Å². The van der Waals surface area contributed by atoms with Crippen LogP contribution >= 0.6 is 11.8 Å². The second-order valence-corrected chi connectivity index (χ2v) is 6.06. The lowest BCUT2D eigenvalue weighted by atomic mass is 10.1. The Kier molecular flexibility index (Phi) is 4.11. The summed E-state index contributed by atoms with van der Waals surface area (Å²) in [5.74, 6) is 1.70. The summed E-state index contributed by atoms with van der Waals surface area (Å²) in [5.41, 5.74) is 1.04. The molecule has 1 atom stereocenters. The summed E-state index contributed by atoms with van der Waals surface area (Å²) >= 11 is 1.60. The zero-order valence-electron chi connectivity index (χ0n) is 11.1. The standard InChI is InChI=1S/C16H17NO2S/c18-16(17-13-8-9-13)15(12-5-2-1-3-6-12)20-11-14-7-4-10-19-14/h1-7,10,13,15H,8-9,11H2,(H,17,18)/t15-/m1/s1. The number of hydrogen-bond acceptors (Lipinski definition) is 3. The maximum absolute atomic E-state index is 12.4. The van der Waals surface area contributed by atoms with Crippen molar-refractivity contribution in [2.75, 3.05) is 0 Å². The molecule has 4 heteroatoms. The number of benzene rings is 1. The molecule has 20 heavy (non-hydrogen) atoms. The number of hydrogen-bond donors (Lipinski definition) is 1. The fourth-order valence-electron chi connectivity index (χ4n) is 2.02. The smallest absolute Gasteiger partial charge is 0.237 e. The Morgan fingerprint density at radius 3 is 2.70 bits per heavy atom. The Labute approximate surface area is 122 Å². The summed E-state index contributed by atoms with van der Waals surface area (Å²) < 4.78 is 5.34. The molecule has 1 fully saturated rings. The van der Waals surface area contributed by atoms with E-state index < -0.39 is 0 Å². The number of amides is 1. The first-order valence-electron chi connectivity index (χ1n) is 6.82. The lowest BCUT2D eigenvalue weighted by Crippen LogP contribution is -2.29. The van der Waals surface area contributed by atoms with Gasteiger partial charge in [0.05, 0.1) is 12.0 Å². The molecule has 1 aliphatic rings. The van der Waals surface area contributed by atoms with Gasteiger partial charge in [0.25, 0.3) is 0 Å². The molecular formula is C16H17NO2S. The highest BCUT2D eigenvalue weighted by Crippen LogP contribution is 2.33. The van der Waals surface area contributed by atoms with Crippen LogP contribution < -0.4 is 5.32 Å². The minimum absolute atomic E-state index is 0.107. The number of nitrogens with one attached hydrogen (secondary N) is 1. The molecule has 1 aromatic heterocycles. The molecule has 0 saturated heterocycles. The predicted molar refractivity (Wildman–Crippen MR) is 80.4 cm³/mol. The van der Waals surface area contributed by atoms with Crippen LogP contribution in [-0.2, 0) is 10.5 Å². The van der Waals surface area contributed by atoms with E-state index in [2.05, 4.69) is 5.32 Å². The van der Waals surface area contributed by atoms with Crippen molar-refractivity contribution < 1.29 is 9.21 Å². The molecule has 3 rings (SSSR count). The summed E-state index contributed by atoms with van der Waals surface area (Å²) in [5, 5.41) is 2.91. The molecule has 0 radical (unpaired) electrons. The predicted octanol–water partition coefficient (Wildman–Crippen LogP) is 3.53. The highest BCUT2D eigenvalue weighted by molar-refractivity contribution is 7.99. The first-order valence-corrected chi connectivity index (χ1v) is 7.87. The van der Waals surface area contributed by atoms with Crippen LogP contribution in [0.4, 0.5) is 0 Å². The summed E-state index contributed by atoms with van der Waals surface area (Å²) in [4.78, 5) is 12.4. The molecule has 1 saturated carbocycles. The number of carbonyl (C=O) groups is 1. The SMILES string of the molecule is O=C(NC1CC1)[C@H](SCc1ccco1)c1ccccc1. The maximum Gasteiger partial charge on any atom is 0.237 e. The van der Waals surface area contributed by atoms with Crippen molar-refractivity contribution in [3.05, 3.63) is 60.1 Å². The minimum atomic E-state index is -0.179. The second kappa shape index (κ2) is 6.18. The summed E-state index contributed by atoms with van der Waals surface area (Å²) in [7, 11) is 0. The van der Waals surface area contributed by atoms with E-state index in [0.717, 1.165) is 24.2 Å². The zero-order chi connectivity index (χ0) is 13.8. The van der Waals surface area contributed by atoms with Crippen molar-refractivity contribution >= 4 is 17.7 Å². The topological polar surface area (TPSA) is 42.2 Å². The Balaban J connectivity index is 1.70. The van der Waals surface area contributed by atoms with E-state index in [4.69, 9.17) is 4.42 Å². The van der Waals surface area contributed by atoms with Crippen molar-refractivity contribution in [3.63, 3.8) is 0 Å². The van der Waals surface area contributed by atoms with Crippen molar-refractivity contribution in [1.82, 2.24) is 5.32 Å². The van der Waals surface area contributed by atoms with Crippen LogP contribution in [0.5, 0.6) is 0 Å². The Morgan fingerprint density at radius 1 is 1.25 bits per heavy atom. The van der Waals surface area contributed by atoms with E-state index in [1.165, 1.54) is 0 Å². The van der Waals surface area contributed by atoms with E-state index in [1.54, 1.807) is 18.0 Å². The van der Waals surface area contributed by atoms with E-state index in [9.17, 15) is 4.79 Å². The van der Waals surface area contributed by atoms with Gasteiger partial charge in [-0.15, -0.1) is 11.8 Å². The van der Waals surface area contributed by atoms with Crippen LogP contribution in [-0.4, -0.2) is 11.9 Å². The summed E-state index contributed by atoms with van der Waals surface area (Å²) in [6.07, 6.45) is 3.88. The molecule has 1 heterocycles. The average molecular weight is 287 g/mol. The molecule has 3 nitrogen and oxygen atoms in total. The van der Waals surface area contributed by atoms with Gasteiger partial charge in [0.1, 0.15) is 11.0 Å². The van der Waals surface area contributed by atoms with Crippen molar-refractivity contribution in [3.8, 4) is 0 Å². The minimum Gasteiger partial charge on any atom is -0.468 e. The Bertz CT molecular complexity index is 549. The largest absolute Gasteiger partial charge is 0.468 e.